The normalized spacial score (nSPS) is 17.5. The number of nitrogens with one attached hydrogen (secondary N) is 1. The Kier molecular flexibility index (Phi) is 7.12. The van der Waals surface area contributed by atoms with E-state index in [1.54, 1.807) is 0 Å². The van der Waals surface area contributed by atoms with Crippen molar-refractivity contribution in [2.75, 3.05) is 26.2 Å². The number of nitrogens with zero attached hydrogens (tertiary/aromatic N) is 3. The number of aliphatic hydroxyl groups excluding tert-OH is 1. The zero-order chi connectivity index (χ0) is 19.9. The summed E-state index contributed by atoms with van der Waals surface area (Å²) < 4.78 is 0. The van der Waals surface area contributed by atoms with Crippen LogP contribution in [0.3, 0.4) is 0 Å². The van der Waals surface area contributed by atoms with E-state index in [4.69, 9.17) is 0 Å². The van der Waals surface area contributed by atoms with E-state index in [2.05, 4.69) is 27.1 Å². The van der Waals surface area contributed by atoms with Gasteiger partial charge in [-0.05, 0) is 50.9 Å². The number of rotatable bonds is 7. The molecule has 2 heterocycles. The van der Waals surface area contributed by atoms with Crippen LogP contribution in [-0.2, 0) is 6.42 Å². The van der Waals surface area contributed by atoms with Crippen molar-refractivity contribution < 1.29 is 9.90 Å². The molecule has 0 unspecified atom stereocenters. The number of amides is 1. The molecule has 0 radical (unpaired) electrons. The minimum atomic E-state index is -0.0825. The van der Waals surface area contributed by atoms with Gasteiger partial charge in [-0.2, -0.15) is 0 Å². The molecule has 0 spiro atoms. The van der Waals surface area contributed by atoms with E-state index in [0.29, 0.717) is 12.1 Å². The molecule has 1 aliphatic rings. The van der Waals surface area contributed by atoms with Crippen LogP contribution in [0.4, 0.5) is 0 Å². The van der Waals surface area contributed by atoms with Crippen LogP contribution in [0.5, 0.6) is 0 Å². The van der Waals surface area contributed by atoms with Crippen LogP contribution in [-0.4, -0.2) is 58.2 Å². The third-order valence-corrected chi connectivity index (χ3v) is 5.32. The summed E-state index contributed by atoms with van der Waals surface area (Å²) in [6, 6.07) is 9.77. The molecule has 150 valence electrons. The summed E-state index contributed by atoms with van der Waals surface area (Å²) in [6.45, 7) is 6.48. The standard InChI is InChI=1S/C22H30N4O2/c1-3-19-14-21(25-16(2)24-19)17-7-6-8-18(13-17)22(28)23-10-12-26-11-5-4-9-20(26)15-27/h6-8,13-14,20,27H,3-5,9-12,15H2,1-2H3,(H,23,28)/t20-/m1/s1. The monoisotopic (exact) mass is 382 g/mol. The predicted molar refractivity (Wildman–Crippen MR) is 110 cm³/mol. The Morgan fingerprint density at radius 3 is 2.93 bits per heavy atom. The number of aryl methyl sites for hydroxylation is 2. The summed E-state index contributed by atoms with van der Waals surface area (Å²) in [4.78, 5) is 23.8. The summed E-state index contributed by atoms with van der Waals surface area (Å²) in [5, 5.41) is 12.5. The summed E-state index contributed by atoms with van der Waals surface area (Å²) in [6.07, 6.45) is 4.21. The van der Waals surface area contributed by atoms with Gasteiger partial charge in [-0.15, -0.1) is 0 Å². The lowest BCUT2D eigenvalue weighted by Crippen LogP contribution is -2.45. The molecule has 1 amide bonds. The molecular formula is C22H30N4O2. The minimum Gasteiger partial charge on any atom is -0.395 e. The molecule has 1 fully saturated rings. The molecule has 6 nitrogen and oxygen atoms in total. The molecule has 6 heteroatoms. The first-order valence-electron chi connectivity index (χ1n) is 10.2. The van der Waals surface area contributed by atoms with Crippen molar-refractivity contribution in [2.45, 2.75) is 45.6 Å². The van der Waals surface area contributed by atoms with Gasteiger partial charge in [0.2, 0.25) is 0 Å². The average Bonchev–Trinajstić information content (AvgIpc) is 2.73. The second kappa shape index (κ2) is 9.75. The van der Waals surface area contributed by atoms with Gasteiger partial charge in [-0.25, -0.2) is 9.97 Å². The van der Waals surface area contributed by atoms with Gasteiger partial charge in [0, 0.05) is 36.0 Å². The molecule has 0 aliphatic carbocycles. The molecule has 2 N–H and O–H groups in total. The highest BCUT2D eigenvalue weighted by Crippen LogP contribution is 2.20. The van der Waals surface area contributed by atoms with Crippen LogP contribution >= 0.6 is 0 Å². The number of aliphatic hydroxyl groups is 1. The van der Waals surface area contributed by atoms with Crippen LogP contribution in [0.25, 0.3) is 11.3 Å². The fourth-order valence-corrected chi connectivity index (χ4v) is 3.75. The number of carbonyl (C=O) groups is 1. The van der Waals surface area contributed by atoms with E-state index in [-0.39, 0.29) is 18.6 Å². The SMILES string of the molecule is CCc1cc(-c2cccc(C(=O)NCCN3CCCC[C@@H]3CO)c2)nc(C)n1. The van der Waals surface area contributed by atoms with Gasteiger partial charge < -0.3 is 10.4 Å². The molecule has 1 aromatic carbocycles. The van der Waals surface area contributed by atoms with Crippen molar-refractivity contribution in [3.8, 4) is 11.3 Å². The quantitative estimate of drug-likeness (QED) is 0.770. The van der Waals surface area contributed by atoms with E-state index in [0.717, 1.165) is 55.1 Å². The minimum absolute atomic E-state index is 0.0825. The maximum absolute atomic E-state index is 12.6. The first-order valence-corrected chi connectivity index (χ1v) is 10.2. The van der Waals surface area contributed by atoms with E-state index in [1.807, 2.05) is 37.3 Å². The predicted octanol–water partition coefficient (Wildman–Crippen LogP) is 2.59. The number of aromatic nitrogens is 2. The van der Waals surface area contributed by atoms with Crippen LogP contribution in [0.15, 0.2) is 30.3 Å². The summed E-state index contributed by atoms with van der Waals surface area (Å²) in [5.74, 6) is 0.657. The van der Waals surface area contributed by atoms with Gasteiger partial charge in [-0.3, -0.25) is 9.69 Å². The van der Waals surface area contributed by atoms with E-state index in [9.17, 15) is 9.90 Å². The Labute approximate surface area is 167 Å². The maximum Gasteiger partial charge on any atom is 0.251 e. The summed E-state index contributed by atoms with van der Waals surface area (Å²) >= 11 is 0. The highest BCUT2D eigenvalue weighted by molar-refractivity contribution is 5.95. The molecule has 0 saturated carbocycles. The Balaban J connectivity index is 1.63. The lowest BCUT2D eigenvalue weighted by molar-refractivity contribution is 0.0849. The Bertz CT molecular complexity index is 809. The van der Waals surface area contributed by atoms with Crippen molar-refractivity contribution in [2.24, 2.45) is 0 Å². The Hall–Kier alpha value is -2.31. The number of hydrogen-bond acceptors (Lipinski definition) is 5. The Morgan fingerprint density at radius 2 is 2.14 bits per heavy atom. The van der Waals surface area contributed by atoms with Crippen molar-refractivity contribution in [3.63, 3.8) is 0 Å². The van der Waals surface area contributed by atoms with E-state index >= 15 is 0 Å². The van der Waals surface area contributed by atoms with Crippen LogP contribution in [0, 0.1) is 6.92 Å². The summed E-state index contributed by atoms with van der Waals surface area (Å²) in [5.41, 5.74) is 3.39. The van der Waals surface area contributed by atoms with E-state index in [1.165, 1.54) is 6.42 Å². The van der Waals surface area contributed by atoms with E-state index < -0.39 is 0 Å². The lowest BCUT2D eigenvalue weighted by atomic mass is 10.0. The molecule has 3 rings (SSSR count). The number of likely N-dealkylation sites (tertiary alicyclic amines) is 1. The zero-order valence-electron chi connectivity index (χ0n) is 16.8. The van der Waals surface area contributed by atoms with Crippen molar-refractivity contribution in [1.82, 2.24) is 20.2 Å². The zero-order valence-corrected chi connectivity index (χ0v) is 16.8. The number of piperidine rings is 1. The van der Waals surface area contributed by atoms with Crippen molar-refractivity contribution in [1.29, 1.82) is 0 Å². The highest BCUT2D eigenvalue weighted by atomic mass is 16.3. The molecule has 1 atom stereocenters. The lowest BCUT2D eigenvalue weighted by Gasteiger charge is -2.34. The fraction of sp³-hybridized carbons (Fsp3) is 0.500. The van der Waals surface area contributed by atoms with Gasteiger partial charge >= 0.3 is 0 Å². The smallest absolute Gasteiger partial charge is 0.251 e. The summed E-state index contributed by atoms with van der Waals surface area (Å²) in [7, 11) is 0. The van der Waals surface area contributed by atoms with Crippen molar-refractivity contribution in [3.05, 3.63) is 47.4 Å². The van der Waals surface area contributed by atoms with Crippen LogP contribution in [0.2, 0.25) is 0 Å². The number of hydrogen-bond donors (Lipinski definition) is 2. The molecule has 0 bridgehead atoms. The third-order valence-electron chi connectivity index (χ3n) is 5.32. The molecule has 1 aromatic heterocycles. The first kappa shape index (κ1) is 20.4. The number of benzene rings is 1. The van der Waals surface area contributed by atoms with Gasteiger partial charge in [0.05, 0.1) is 12.3 Å². The Morgan fingerprint density at radius 1 is 1.29 bits per heavy atom. The van der Waals surface area contributed by atoms with Gasteiger partial charge in [0.1, 0.15) is 5.82 Å². The van der Waals surface area contributed by atoms with Crippen molar-refractivity contribution >= 4 is 5.91 Å². The van der Waals surface area contributed by atoms with Gasteiger partial charge in [0.25, 0.3) is 5.91 Å². The first-order chi connectivity index (χ1) is 13.6. The molecule has 28 heavy (non-hydrogen) atoms. The molecular weight excluding hydrogens is 352 g/mol. The maximum atomic E-state index is 12.6. The third kappa shape index (κ3) is 5.14. The highest BCUT2D eigenvalue weighted by Gasteiger charge is 2.21. The topological polar surface area (TPSA) is 78.4 Å². The van der Waals surface area contributed by atoms with Gasteiger partial charge in [-0.1, -0.05) is 25.5 Å². The second-order valence-corrected chi connectivity index (χ2v) is 7.35. The fourth-order valence-electron chi connectivity index (χ4n) is 3.75. The van der Waals surface area contributed by atoms with Gasteiger partial charge in [0.15, 0.2) is 0 Å². The average molecular weight is 383 g/mol. The molecule has 1 saturated heterocycles. The molecule has 1 aliphatic heterocycles. The van der Waals surface area contributed by atoms with Crippen LogP contribution < -0.4 is 5.32 Å². The number of carbonyl (C=O) groups excluding carboxylic acids is 1. The molecule has 2 aromatic rings. The second-order valence-electron chi connectivity index (χ2n) is 7.35. The van der Waals surface area contributed by atoms with Crippen LogP contribution in [0.1, 0.15) is 48.1 Å². The largest absolute Gasteiger partial charge is 0.395 e.